The zero-order valence-electron chi connectivity index (χ0n) is 15.4. The number of alkyl halides is 3. The number of amides is 1. The van der Waals surface area contributed by atoms with Gasteiger partial charge in [-0.05, 0) is 41.8 Å². The molecular formula is C19H13ClF4N2O3S2. The van der Waals surface area contributed by atoms with Crippen LogP contribution >= 0.6 is 22.9 Å². The van der Waals surface area contributed by atoms with Crippen LogP contribution in [0.15, 0.2) is 64.2 Å². The number of nitrogens with zero attached hydrogens (tertiary/aromatic N) is 1. The second kappa shape index (κ2) is 8.85. The minimum atomic E-state index is -4.75. The van der Waals surface area contributed by atoms with Gasteiger partial charge in [-0.2, -0.15) is 13.2 Å². The summed E-state index contributed by atoms with van der Waals surface area (Å²) in [6.07, 6.45) is -4.75. The van der Waals surface area contributed by atoms with Crippen LogP contribution in [0.5, 0.6) is 0 Å². The topological polar surface area (TPSA) is 66.5 Å². The van der Waals surface area contributed by atoms with Crippen molar-refractivity contribution < 1.29 is 30.8 Å². The third-order valence-corrected chi connectivity index (χ3v) is 7.47. The third kappa shape index (κ3) is 5.17. The van der Waals surface area contributed by atoms with Gasteiger partial charge in [0.15, 0.2) is 0 Å². The number of anilines is 2. The number of carbonyl (C=O) groups is 1. The molecule has 0 fully saturated rings. The molecular weight excluding hydrogens is 480 g/mol. The Bertz CT molecular complexity index is 1200. The molecule has 0 spiro atoms. The zero-order valence-corrected chi connectivity index (χ0v) is 17.7. The fourth-order valence-electron chi connectivity index (χ4n) is 2.62. The Morgan fingerprint density at radius 3 is 2.42 bits per heavy atom. The first-order valence-corrected chi connectivity index (χ1v) is 11.2. The van der Waals surface area contributed by atoms with Gasteiger partial charge in [0.1, 0.15) is 16.6 Å². The summed E-state index contributed by atoms with van der Waals surface area (Å²) < 4.78 is 79.8. The summed E-state index contributed by atoms with van der Waals surface area (Å²) in [5.41, 5.74) is -1.79. The van der Waals surface area contributed by atoms with Crippen molar-refractivity contribution in [2.75, 3.05) is 16.2 Å². The summed E-state index contributed by atoms with van der Waals surface area (Å²) >= 11 is 6.43. The van der Waals surface area contributed by atoms with E-state index >= 15 is 0 Å². The molecule has 0 aliphatic heterocycles. The van der Waals surface area contributed by atoms with E-state index in [4.69, 9.17) is 11.6 Å². The molecule has 0 unspecified atom stereocenters. The Kier molecular flexibility index (Phi) is 6.58. The minimum Gasteiger partial charge on any atom is -0.324 e. The quantitative estimate of drug-likeness (QED) is 0.469. The van der Waals surface area contributed by atoms with Gasteiger partial charge in [-0.1, -0.05) is 29.8 Å². The molecule has 164 valence electrons. The first kappa shape index (κ1) is 23.0. The van der Waals surface area contributed by atoms with Gasteiger partial charge in [-0.15, -0.1) is 11.3 Å². The maximum absolute atomic E-state index is 14.3. The molecule has 0 atom stereocenters. The van der Waals surface area contributed by atoms with Gasteiger partial charge >= 0.3 is 6.18 Å². The lowest BCUT2D eigenvalue weighted by Gasteiger charge is -2.23. The predicted molar refractivity (Wildman–Crippen MR) is 110 cm³/mol. The Morgan fingerprint density at radius 1 is 1.10 bits per heavy atom. The van der Waals surface area contributed by atoms with E-state index in [0.717, 1.165) is 29.5 Å². The van der Waals surface area contributed by atoms with Crippen molar-refractivity contribution in [3.63, 3.8) is 0 Å². The number of hydrogen-bond donors (Lipinski definition) is 1. The van der Waals surface area contributed by atoms with Crippen LogP contribution in [0.25, 0.3) is 0 Å². The molecule has 1 aromatic heterocycles. The number of benzene rings is 2. The van der Waals surface area contributed by atoms with Crippen molar-refractivity contribution in [2.24, 2.45) is 0 Å². The summed E-state index contributed by atoms with van der Waals surface area (Å²) in [5.74, 6) is -1.86. The van der Waals surface area contributed by atoms with Gasteiger partial charge in [-0.3, -0.25) is 9.10 Å². The second-order valence-electron chi connectivity index (χ2n) is 6.14. The molecule has 0 aliphatic rings. The molecule has 3 rings (SSSR count). The lowest BCUT2D eigenvalue weighted by atomic mass is 10.2. The van der Waals surface area contributed by atoms with Gasteiger partial charge < -0.3 is 5.32 Å². The van der Waals surface area contributed by atoms with Crippen LogP contribution in [0.4, 0.5) is 28.9 Å². The van der Waals surface area contributed by atoms with Crippen molar-refractivity contribution in [1.29, 1.82) is 0 Å². The van der Waals surface area contributed by atoms with E-state index in [2.05, 4.69) is 5.32 Å². The number of carbonyl (C=O) groups excluding carboxylic acids is 1. The molecule has 1 N–H and O–H groups in total. The highest BCUT2D eigenvalue weighted by Crippen LogP contribution is 2.36. The minimum absolute atomic E-state index is 0.130. The standard InChI is InChI=1S/C19H13ClF4N2O3S2/c20-14-8-7-12(10-13(14)19(22,23)24)25-17(27)11-26(16-5-2-1-4-15(16)21)31(28,29)18-6-3-9-30-18/h1-10H,11H2,(H,25,27). The smallest absolute Gasteiger partial charge is 0.324 e. The normalized spacial score (nSPS) is 11.9. The summed E-state index contributed by atoms with van der Waals surface area (Å²) in [6.45, 7) is -0.870. The molecule has 0 radical (unpaired) electrons. The first-order chi connectivity index (χ1) is 14.5. The Morgan fingerprint density at radius 2 is 1.81 bits per heavy atom. The molecule has 1 heterocycles. The van der Waals surface area contributed by atoms with E-state index in [9.17, 15) is 30.8 Å². The SMILES string of the molecule is O=C(CN(c1ccccc1F)S(=O)(=O)c1cccs1)Nc1ccc(Cl)c(C(F)(F)F)c1. The van der Waals surface area contributed by atoms with Crippen molar-refractivity contribution in [2.45, 2.75) is 10.4 Å². The van der Waals surface area contributed by atoms with E-state index in [1.807, 2.05) is 0 Å². The molecule has 0 aliphatic carbocycles. The lowest BCUT2D eigenvalue weighted by molar-refractivity contribution is -0.137. The lowest BCUT2D eigenvalue weighted by Crippen LogP contribution is -2.38. The first-order valence-electron chi connectivity index (χ1n) is 8.47. The third-order valence-electron chi connectivity index (χ3n) is 4.00. The number of rotatable bonds is 6. The Balaban J connectivity index is 1.92. The van der Waals surface area contributed by atoms with Gasteiger partial charge in [0.2, 0.25) is 5.91 Å². The fraction of sp³-hybridized carbons (Fsp3) is 0.105. The fourth-order valence-corrected chi connectivity index (χ4v) is 5.38. The number of halogens is 5. The maximum Gasteiger partial charge on any atom is 0.417 e. The monoisotopic (exact) mass is 492 g/mol. The number of nitrogens with one attached hydrogen (secondary N) is 1. The van der Waals surface area contributed by atoms with E-state index in [1.165, 1.54) is 35.7 Å². The number of hydrogen-bond acceptors (Lipinski definition) is 4. The van der Waals surface area contributed by atoms with Gasteiger partial charge in [0.25, 0.3) is 10.0 Å². The van der Waals surface area contributed by atoms with Crippen molar-refractivity contribution >= 4 is 50.2 Å². The van der Waals surface area contributed by atoms with Gasteiger partial charge in [-0.25, -0.2) is 12.8 Å². The zero-order chi connectivity index (χ0) is 22.8. The van der Waals surface area contributed by atoms with Crippen LogP contribution < -0.4 is 9.62 Å². The summed E-state index contributed by atoms with van der Waals surface area (Å²) in [6, 6.07) is 10.4. The highest BCUT2D eigenvalue weighted by Gasteiger charge is 2.34. The average Bonchev–Trinajstić information content (AvgIpc) is 3.23. The van der Waals surface area contributed by atoms with Gasteiger partial charge in [0, 0.05) is 5.69 Å². The van der Waals surface area contributed by atoms with Crippen LogP contribution in [0.1, 0.15) is 5.56 Å². The Hall–Kier alpha value is -2.63. The summed E-state index contributed by atoms with van der Waals surface area (Å²) in [4.78, 5) is 12.5. The van der Waals surface area contributed by atoms with Crippen LogP contribution in [0, 0.1) is 5.82 Å². The highest BCUT2D eigenvalue weighted by atomic mass is 35.5. The van der Waals surface area contributed by atoms with E-state index in [1.54, 1.807) is 0 Å². The molecule has 3 aromatic rings. The molecule has 31 heavy (non-hydrogen) atoms. The molecule has 1 amide bonds. The predicted octanol–water partition coefficient (Wildman–Crippen LogP) is 5.39. The molecule has 0 saturated carbocycles. The van der Waals surface area contributed by atoms with E-state index < -0.39 is 45.1 Å². The van der Waals surface area contributed by atoms with E-state index in [-0.39, 0.29) is 15.6 Å². The van der Waals surface area contributed by atoms with Crippen LogP contribution in [0.2, 0.25) is 5.02 Å². The van der Waals surface area contributed by atoms with Crippen LogP contribution in [-0.4, -0.2) is 20.9 Å². The van der Waals surface area contributed by atoms with Crippen molar-refractivity contribution in [3.8, 4) is 0 Å². The van der Waals surface area contributed by atoms with Crippen LogP contribution in [-0.2, 0) is 21.0 Å². The van der Waals surface area contributed by atoms with Crippen molar-refractivity contribution in [1.82, 2.24) is 0 Å². The highest BCUT2D eigenvalue weighted by molar-refractivity contribution is 7.94. The van der Waals surface area contributed by atoms with E-state index in [0.29, 0.717) is 10.4 Å². The molecule has 0 saturated heterocycles. The van der Waals surface area contributed by atoms with Crippen LogP contribution in [0.3, 0.4) is 0 Å². The molecule has 5 nitrogen and oxygen atoms in total. The molecule has 0 bridgehead atoms. The summed E-state index contributed by atoms with van der Waals surface area (Å²) in [7, 11) is -4.31. The molecule has 2 aromatic carbocycles. The largest absolute Gasteiger partial charge is 0.417 e. The molecule has 12 heteroatoms. The van der Waals surface area contributed by atoms with Crippen molar-refractivity contribution in [3.05, 3.63) is 76.4 Å². The summed E-state index contributed by atoms with van der Waals surface area (Å²) in [5, 5.41) is 3.14. The Labute approximate surface area is 183 Å². The number of thiophene rings is 1. The number of sulfonamides is 1. The maximum atomic E-state index is 14.3. The second-order valence-corrected chi connectivity index (χ2v) is 9.58. The van der Waals surface area contributed by atoms with Gasteiger partial charge in [0.05, 0.1) is 16.3 Å². The number of para-hydroxylation sites is 1. The average molecular weight is 493 g/mol.